The lowest BCUT2D eigenvalue weighted by Crippen LogP contribution is -2.12. The van der Waals surface area contributed by atoms with Gasteiger partial charge in [-0.2, -0.15) is 0 Å². The molecule has 0 spiro atoms. The maximum absolute atomic E-state index is 11.5. The van der Waals surface area contributed by atoms with Crippen molar-refractivity contribution < 1.29 is 14.6 Å². The second-order valence-corrected chi connectivity index (χ2v) is 5.16. The van der Waals surface area contributed by atoms with Crippen molar-refractivity contribution >= 4 is 5.97 Å². The molecule has 2 aromatic carbocycles. The van der Waals surface area contributed by atoms with Gasteiger partial charge >= 0.3 is 5.97 Å². The first-order valence-electron chi connectivity index (χ1n) is 7.03. The molecule has 0 saturated carbocycles. The number of methoxy groups -OCH3 is 1. The van der Waals surface area contributed by atoms with Crippen LogP contribution in [-0.2, 0) is 11.2 Å². The molecule has 0 saturated heterocycles. The summed E-state index contributed by atoms with van der Waals surface area (Å²) in [4.78, 5) is 11.5. The molecule has 2 aromatic rings. The third kappa shape index (κ3) is 3.85. The molecule has 1 unspecified atom stereocenters. The van der Waals surface area contributed by atoms with Crippen LogP contribution in [0.15, 0.2) is 48.5 Å². The van der Waals surface area contributed by atoms with Gasteiger partial charge in [-0.1, -0.05) is 48.0 Å². The summed E-state index contributed by atoms with van der Waals surface area (Å²) >= 11 is 0. The highest BCUT2D eigenvalue weighted by Gasteiger charge is 2.20. The second kappa shape index (κ2) is 6.93. The number of benzene rings is 2. The minimum atomic E-state index is -0.784. The van der Waals surface area contributed by atoms with Crippen LogP contribution in [0.25, 0.3) is 0 Å². The average molecular weight is 284 g/mol. The SMILES string of the molecule is COc1ccc(C)cc1CCC(C(=O)O)c1ccccc1. The molecule has 0 aromatic heterocycles. The number of hydrogen-bond acceptors (Lipinski definition) is 2. The summed E-state index contributed by atoms with van der Waals surface area (Å²) in [7, 11) is 1.64. The molecule has 0 aliphatic carbocycles. The van der Waals surface area contributed by atoms with E-state index in [1.165, 1.54) is 0 Å². The van der Waals surface area contributed by atoms with E-state index >= 15 is 0 Å². The van der Waals surface area contributed by atoms with Gasteiger partial charge in [0.25, 0.3) is 0 Å². The van der Waals surface area contributed by atoms with Gasteiger partial charge in [0.2, 0.25) is 0 Å². The lowest BCUT2D eigenvalue weighted by Gasteiger charge is -2.14. The van der Waals surface area contributed by atoms with E-state index in [9.17, 15) is 9.90 Å². The van der Waals surface area contributed by atoms with Crippen LogP contribution in [0.1, 0.15) is 29.0 Å². The van der Waals surface area contributed by atoms with Gasteiger partial charge in [0.1, 0.15) is 5.75 Å². The smallest absolute Gasteiger partial charge is 0.310 e. The van der Waals surface area contributed by atoms with Gasteiger partial charge < -0.3 is 9.84 Å². The van der Waals surface area contributed by atoms with Crippen molar-refractivity contribution in [3.8, 4) is 5.75 Å². The van der Waals surface area contributed by atoms with Crippen LogP contribution < -0.4 is 4.74 Å². The number of carboxylic acid groups (broad SMARTS) is 1. The van der Waals surface area contributed by atoms with Gasteiger partial charge in [0.15, 0.2) is 0 Å². The number of aliphatic carboxylic acids is 1. The van der Waals surface area contributed by atoms with Crippen LogP contribution in [0.5, 0.6) is 5.75 Å². The van der Waals surface area contributed by atoms with Gasteiger partial charge in [-0.15, -0.1) is 0 Å². The Labute approximate surface area is 125 Å². The average Bonchev–Trinajstić information content (AvgIpc) is 2.48. The number of aryl methyl sites for hydroxylation is 2. The van der Waals surface area contributed by atoms with E-state index in [4.69, 9.17) is 4.74 Å². The Morgan fingerprint density at radius 1 is 1.19 bits per heavy atom. The van der Waals surface area contributed by atoms with Crippen LogP contribution in [-0.4, -0.2) is 18.2 Å². The molecule has 0 aliphatic heterocycles. The third-order valence-corrected chi connectivity index (χ3v) is 3.64. The fraction of sp³-hybridized carbons (Fsp3) is 0.278. The van der Waals surface area contributed by atoms with E-state index in [0.29, 0.717) is 12.8 Å². The Balaban J connectivity index is 2.16. The van der Waals surface area contributed by atoms with Gasteiger partial charge in [0, 0.05) is 0 Å². The van der Waals surface area contributed by atoms with Crippen molar-refractivity contribution in [3.63, 3.8) is 0 Å². The molecule has 3 nitrogen and oxygen atoms in total. The molecule has 0 bridgehead atoms. The minimum absolute atomic E-state index is 0.489. The molecule has 0 heterocycles. The zero-order chi connectivity index (χ0) is 15.2. The van der Waals surface area contributed by atoms with Gasteiger partial charge in [0.05, 0.1) is 13.0 Å². The zero-order valence-corrected chi connectivity index (χ0v) is 12.4. The summed E-state index contributed by atoms with van der Waals surface area (Å²) in [5, 5.41) is 9.45. The fourth-order valence-electron chi connectivity index (χ4n) is 2.52. The van der Waals surface area contributed by atoms with Crippen molar-refractivity contribution in [2.75, 3.05) is 7.11 Å². The summed E-state index contributed by atoms with van der Waals surface area (Å²) in [6, 6.07) is 15.4. The van der Waals surface area contributed by atoms with E-state index in [0.717, 1.165) is 22.4 Å². The summed E-state index contributed by atoms with van der Waals surface area (Å²) in [5.41, 5.74) is 3.05. The molecule has 0 radical (unpaired) electrons. The van der Waals surface area contributed by atoms with E-state index in [2.05, 4.69) is 6.07 Å². The van der Waals surface area contributed by atoms with E-state index in [1.54, 1.807) is 7.11 Å². The zero-order valence-electron chi connectivity index (χ0n) is 12.4. The Morgan fingerprint density at radius 3 is 2.52 bits per heavy atom. The molecule has 1 atom stereocenters. The maximum atomic E-state index is 11.5. The Hall–Kier alpha value is -2.29. The summed E-state index contributed by atoms with van der Waals surface area (Å²) < 4.78 is 5.35. The molecule has 2 rings (SSSR count). The molecular weight excluding hydrogens is 264 g/mol. The van der Waals surface area contributed by atoms with Crippen LogP contribution in [0.4, 0.5) is 0 Å². The quantitative estimate of drug-likeness (QED) is 0.877. The van der Waals surface area contributed by atoms with E-state index in [-0.39, 0.29) is 0 Å². The summed E-state index contributed by atoms with van der Waals surface area (Å²) in [6.45, 7) is 2.02. The first-order chi connectivity index (χ1) is 10.1. The van der Waals surface area contributed by atoms with Crippen molar-refractivity contribution in [3.05, 3.63) is 65.2 Å². The first kappa shape index (κ1) is 15.1. The monoisotopic (exact) mass is 284 g/mol. The Kier molecular flexibility index (Phi) is 4.99. The number of ether oxygens (including phenoxy) is 1. The summed E-state index contributed by atoms with van der Waals surface area (Å²) in [5.74, 6) is -0.456. The molecule has 3 heteroatoms. The lowest BCUT2D eigenvalue weighted by molar-refractivity contribution is -0.138. The maximum Gasteiger partial charge on any atom is 0.310 e. The minimum Gasteiger partial charge on any atom is -0.496 e. The standard InChI is InChI=1S/C18H20O3/c1-13-8-11-17(21-2)15(12-13)9-10-16(18(19)20)14-6-4-3-5-7-14/h3-8,11-12,16H,9-10H2,1-2H3,(H,19,20). The highest BCUT2D eigenvalue weighted by atomic mass is 16.5. The van der Waals surface area contributed by atoms with Crippen molar-refractivity contribution in [1.82, 2.24) is 0 Å². The molecular formula is C18H20O3. The molecule has 0 aliphatic rings. The molecule has 1 N–H and O–H groups in total. The lowest BCUT2D eigenvalue weighted by atomic mass is 9.92. The fourth-order valence-corrected chi connectivity index (χ4v) is 2.52. The number of carboxylic acids is 1. The van der Waals surface area contributed by atoms with Crippen LogP contribution >= 0.6 is 0 Å². The number of rotatable bonds is 6. The van der Waals surface area contributed by atoms with Crippen molar-refractivity contribution in [2.24, 2.45) is 0 Å². The largest absolute Gasteiger partial charge is 0.496 e. The predicted octanol–water partition coefficient (Wildman–Crippen LogP) is 3.80. The molecule has 0 fully saturated rings. The number of carbonyl (C=O) groups is 1. The molecule has 0 amide bonds. The Bertz CT molecular complexity index is 605. The topological polar surface area (TPSA) is 46.5 Å². The van der Waals surface area contributed by atoms with Crippen LogP contribution in [0.3, 0.4) is 0 Å². The summed E-state index contributed by atoms with van der Waals surface area (Å²) in [6.07, 6.45) is 1.23. The van der Waals surface area contributed by atoms with Crippen LogP contribution in [0, 0.1) is 6.92 Å². The first-order valence-corrected chi connectivity index (χ1v) is 7.03. The van der Waals surface area contributed by atoms with Crippen LogP contribution in [0.2, 0.25) is 0 Å². The third-order valence-electron chi connectivity index (χ3n) is 3.64. The Morgan fingerprint density at radius 2 is 1.90 bits per heavy atom. The predicted molar refractivity (Wildman–Crippen MR) is 82.9 cm³/mol. The van der Waals surface area contributed by atoms with Gasteiger partial charge in [-0.05, 0) is 37.0 Å². The second-order valence-electron chi connectivity index (χ2n) is 5.16. The van der Waals surface area contributed by atoms with E-state index in [1.807, 2.05) is 49.4 Å². The highest BCUT2D eigenvalue weighted by Crippen LogP contribution is 2.26. The molecule has 21 heavy (non-hydrogen) atoms. The van der Waals surface area contributed by atoms with Crippen molar-refractivity contribution in [2.45, 2.75) is 25.7 Å². The molecule has 110 valence electrons. The highest BCUT2D eigenvalue weighted by molar-refractivity contribution is 5.76. The van der Waals surface area contributed by atoms with Gasteiger partial charge in [-0.25, -0.2) is 0 Å². The van der Waals surface area contributed by atoms with Gasteiger partial charge in [-0.3, -0.25) is 4.79 Å². The van der Waals surface area contributed by atoms with Crippen molar-refractivity contribution in [1.29, 1.82) is 0 Å². The normalized spacial score (nSPS) is 11.9. The van der Waals surface area contributed by atoms with E-state index < -0.39 is 11.9 Å². The number of hydrogen-bond donors (Lipinski definition) is 1.